The molecule has 0 saturated carbocycles. The predicted molar refractivity (Wildman–Crippen MR) is 87.8 cm³/mol. The molecule has 1 aromatic carbocycles. The summed E-state index contributed by atoms with van der Waals surface area (Å²) >= 11 is 0. The smallest absolute Gasteiger partial charge is 0.131 e. The molecule has 0 atom stereocenters. The molecule has 2 N–H and O–H groups in total. The van der Waals surface area contributed by atoms with Crippen LogP contribution < -0.4 is 10.5 Å². The number of hydrogen-bond acceptors (Lipinski definition) is 3. The molecule has 0 spiro atoms. The van der Waals surface area contributed by atoms with Gasteiger partial charge in [0.25, 0.3) is 0 Å². The number of anilines is 1. The second kappa shape index (κ2) is 5.80. The van der Waals surface area contributed by atoms with Crippen LogP contribution in [0.1, 0.15) is 51.0 Å². The lowest BCUT2D eigenvalue weighted by atomic mass is 10.1. The van der Waals surface area contributed by atoms with Crippen molar-refractivity contribution in [3.8, 4) is 17.0 Å². The monoisotopic (exact) mass is 287 g/mol. The Labute approximate surface area is 127 Å². The van der Waals surface area contributed by atoms with E-state index in [0.29, 0.717) is 12.0 Å². The highest BCUT2D eigenvalue weighted by Crippen LogP contribution is 2.33. The number of nitrogen functional groups attached to an aromatic ring is 1. The number of nitrogens with zero attached hydrogens (tertiary/aromatic N) is 2. The summed E-state index contributed by atoms with van der Waals surface area (Å²) in [5, 5.41) is 0. The molecule has 0 bridgehead atoms. The fourth-order valence-electron chi connectivity index (χ4n) is 2.65. The molecule has 114 valence electrons. The van der Waals surface area contributed by atoms with Crippen LogP contribution in [-0.2, 0) is 0 Å². The highest BCUT2D eigenvalue weighted by atomic mass is 16.5. The molecule has 4 heteroatoms. The Morgan fingerprint density at radius 2 is 1.86 bits per heavy atom. The maximum atomic E-state index is 6.36. The minimum Gasteiger partial charge on any atom is -0.496 e. The van der Waals surface area contributed by atoms with Crippen molar-refractivity contribution in [1.82, 2.24) is 9.55 Å². The molecule has 2 rings (SSSR count). The SMILES string of the molecule is COc1ccc(-c2nc(C(C)C)n(C(C)C)c2N)cc1C. The third-order valence-electron chi connectivity index (χ3n) is 3.68. The molecule has 21 heavy (non-hydrogen) atoms. The average molecular weight is 287 g/mol. The quantitative estimate of drug-likeness (QED) is 0.919. The number of imidazole rings is 1. The van der Waals surface area contributed by atoms with E-state index in [1.165, 1.54) is 0 Å². The van der Waals surface area contributed by atoms with Crippen LogP contribution in [0.3, 0.4) is 0 Å². The molecule has 2 aromatic rings. The molecular formula is C17H25N3O. The largest absolute Gasteiger partial charge is 0.496 e. The van der Waals surface area contributed by atoms with Crippen molar-refractivity contribution < 1.29 is 4.74 Å². The van der Waals surface area contributed by atoms with Gasteiger partial charge in [0, 0.05) is 17.5 Å². The number of nitrogens with two attached hydrogens (primary N) is 1. The van der Waals surface area contributed by atoms with Gasteiger partial charge in [-0.15, -0.1) is 0 Å². The van der Waals surface area contributed by atoms with Gasteiger partial charge in [-0.3, -0.25) is 0 Å². The Morgan fingerprint density at radius 3 is 2.29 bits per heavy atom. The zero-order valence-corrected chi connectivity index (χ0v) is 13.8. The normalized spacial score (nSPS) is 11.4. The van der Waals surface area contributed by atoms with Gasteiger partial charge in [0.1, 0.15) is 23.1 Å². The summed E-state index contributed by atoms with van der Waals surface area (Å²) in [6.07, 6.45) is 0. The van der Waals surface area contributed by atoms with Crippen LogP contribution in [0, 0.1) is 6.92 Å². The van der Waals surface area contributed by atoms with Crippen molar-refractivity contribution in [1.29, 1.82) is 0 Å². The second-order valence-corrected chi connectivity index (χ2v) is 6.01. The Balaban J connectivity index is 2.59. The standard InChI is InChI=1S/C17H25N3O/c1-10(2)17-19-15(16(18)20(17)11(3)4)13-7-8-14(21-6)12(5)9-13/h7-11H,18H2,1-6H3. The number of benzene rings is 1. The summed E-state index contributed by atoms with van der Waals surface area (Å²) in [4.78, 5) is 4.79. The zero-order chi connectivity index (χ0) is 15.7. The van der Waals surface area contributed by atoms with Crippen molar-refractivity contribution in [2.45, 2.75) is 46.6 Å². The van der Waals surface area contributed by atoms with Gasteiger partial charge in [0.2, 0.25) is 0 Å². The van der Waals surface area contributed by atoms with E-state index in [0.717, 1.165) is 34.2 Å². The zero-order valence-electron chi connectivity index (χ0n) is 13.8. The molecule has 0 aliphatic carbocycles. The van der Waals surface area contributed by atoms with Crippen molar-refractivity contribution in [2.75, 3.05) is 12.8 Å². The molecule has 0 aliphatic rings. The van der Waals surface area contributed by atoms with Gasteiger partial charge in [-0.2, -0.15) is 0 Å². The Morgan fingerprint density at radius 1 is 1.19 bits per heavy atom. The Kier molecular flexibility index (Phi) is 4.26. The highest BCUT2D eigenvalue weighted by Gasteiger charge is 2.20. The van der Waals surface area contributed by atoms with Crippen molar-refractivity contribution in [2.24, 2.45) is 0 Å². The third kappa shape index (κ3) is 2.75. The molecule has 0 aliphatic heterocycles. The van der Waals surface area contributed by atoms with Gasteiger partial charge in [-0.25, -0.2) is 4.98 Å². The maximum Gasteiger partial charge on any atom is 0.131 e. The topological polar surface area (TPSA) is 53.1 Å². The summed E-state index contributed by atoms with van der Waals surface area (Å²) in [6, 6.07) is 6.35. The number of methoxy groups -OCH3 is 1. The Hall–Kier alpha value is -1.97. The minimum absolute atomic E-state index is 0.294. The van der Waals surface area contributed by atoms with Gasteiger partial charge < -0.3 is 15.0 Å². The van der Waals surface area contributed by atoms with Crippen molar-refractivity contribution in [3.05, 3.63) is 29.6 Å². The minimum atomic E-state index is 0.294. The number of hydrogen-bond donors (Lipinski definition) is 1. The maximum absolute atomic E-state index is 6.36. The molecule has 0 unspecified atom stereocenters. The van der Waals surface area contributed by atoms with E-state index in [2.05, 4.69) is 38.3 Å². The van der Waals surface area contributed by atoms with E-state index in [9.17, 15) is 0 Å². The van der Waals surface area contributed by atoms with Crippen LogP contribution >= 0.6 is 0 Å². The van der Waals surface area contributed by atoms with Crippen LogP contribution in [0.15, 0.2) is 18.2 Å². The van der Waals surface area contributed by atoms with Crippen LogP contribution in [0.4, 0.5) is 5.82 Å². The molecular weight excluding hydrogens is 262 g/mol. The van der Waals surface area contributed by atoms with E-state index in [1.54, 1.807) is 7.11 Å². The summed E-state index contributed by atoms with van der Waals surface area (Å²) in [5.41, 5.74) is 9.34. The van der Waals surface area contributed by atoms with E-state index in [4.69, 9.17) is 15.5 Å². The summed E-state index contributed by atoms with van der Waals surface area (Å²) in [7, 11) is 1.68. The fourth-order valence-corrected chi connectivity index (χ4v) is 2.65. The summed E-state index contributed by atoms with van der Waals surface area (Å²) in [6.45, 7) is 10.6. The van der Waals surface area contributed by atoms with Crippen LogP contribution in [-0.4, -0.2) is 16.7 Å². The molecule has 4 nitrogen and oxygen atoms in total. The van der Waals surface area contributed by atoms with Gasteiger partial charge in [0.05, 0.1) is 7.11 Å². The molecule has 0 fully saturated rings. The molecule has 0 saturated heterocycles. The first kappa shape index (κ1) is 15.4. The fraction of sp³-hybridized carbons (Fsp3) is 0.471. The number of rotatable bonds is 4. The number of aryl methyl sites for hydroxylation is 1. The molecule has 0 radical (unpaired) electrons. The van der Waals surface area contributed by atoms with Gasteiger partial charge >= 0.3 is 0 Å². The van der Waals surface area contributed by atoms with Gasteiger partial charge in [0.15, 0.2) is 0 Å². The van der Waals surface area contributed by atoms with Crippen LogP contribution in [0.5, 0.6) is 5.75 Å². The van der Waals surface area contributed by atoms with Crippen LogP contribution in [0.2, 0.25) is 0 Å². The first-order valence-electron chi connectivity index (χ1n) is 7.39. The number of ether oxygens (including phenoxy) is 1. The highest BCUT2D eigenvalue weighted by molar-refractivity contribution is 5.72. The lowest BCUT2D eigenvalue weighted by molar-refractivity contribution is 0.412. The average Bonchev–Trinajstić information content (AvgIpc) is 2.76. The van der Waals surface area contributed by atoms with Gasteiger partial charge in [-0.05, 0) is 44.5 Å². The molecule has 1 heterocycles. The van der Waals surface area contributed by atoms with Crippen molar-refractivity contribution >= 4 is 5.82 Å². The van der Waals surface area contributed by atoms with E-state index >= 15 is 0 Å². The predicted octanol–water partition coefficient (Wildman–Crippen LogP) is 4.15. The molecule has 0 amide bonds. The summed E-state index contributed by atoms with van der Waals surface area (Å²) < 4.78 is 7.44. The van der Waals surface area contributed by atoms with Crippen molar-refractivity contribution in [3.63, 3.8) is 0 Å². The van der Waals surface area contributed by atoms with Gasteiger partial charge in [-0.1, -0.05) is 13.8 Å². The molecule has 1 aromatic heterocycles. The first-order valence-corrected chi connectivity index (χ1v) is 7.39. The van der Waals surface area contributed by atoms with Crippen LogP contribution in [0.25, 0.3) is 11.3 Å². The second-order valence-electron chi connectivity index (χ2n) is 6.01. The van der Waals surface area contributed by atoms with E-state index in [-0.39, 0.29) is 0 Å². The van der Waals surface area contributed by atoms with E-state index < -0.39 is 0 Å². The lowest BCUT2D eigenvalue weighted by Crippen LogP contribution is -2.10. The summed E-state index contributed by atoms with van der Waals surface area (Å²) in [5.74, 6) is 2.98. The lowest BCUT2D eigenvalue weighted by Gasteiger charge is -2.15. The first-order chi connectivity index (χ1) is 9.86. The Bertz CT molecular complexity index is 642. The van der Waals surface area contributed by atoms with E-state index in [1.807, 2.05) is 19.1 Å². The number of aromatic nitrogens is 2. The third-order valence-corrected chi connectivity index (χ3v) is 3.68.